The van der Waals surface area contributed by atoms with Crippen LogP contribution in [0.4, 0.5) is 11.6 Å². The van der Waals surface area contributed by atoms with E-state index in [1.54, 1.807) is 0 Å². The minimum absolute atomic E-state index is 0.168. The van der Waals surface area contributed by atoms with Gasteiger partial charge in [0, 0.05) is 10.2 Å². The summed E-state index contributed by atoms with van der Waals surface area (Å²) in [6.45, 7) is 2.10. The Kier molecular flexibility index (Phi) is 3.36. The molecule has 0 bridgehead atoms. The summed E-state index contributed by atoms with van der Waals surface area (Å²) < 4.78 is 1.08. The quantitative estimate of drug-likeness (QED) is 0.634. The van der Waals surface area contributed by atoms with Gasteiger partial charge in [0.15, 0.2) is 0 Å². The molecule has 0 aliphatic carbocycles. The molecule has 4 nitrogen and oxygen atoms in total. The topological polar surface area (TPSA) is 66.7 Å². The van der Waals surface area contributed by atoms with E-state index in [1.807, 2.05) is 30.3 Å². The second-order valence-corrected chi connectivity index (χ2v) is 5.70. The fourth-order valence-electron chi connectivity index (χ4n) is 2.14. The molecular formula is C15H15BrN4. The molecule has 102 valence electrons. The summed E-state index contributed by atoms with van der Waals surface area (Å²) in [7, 11) is 0. The highest BCUT2D eigenvalue weighted by Gasteiger charge is 2.08. The average Bonchev–Trinajstić information content (AvgIpc) is 2.80. The Balaban J connectivity index is 1.83. The minimum Gasteiger partial charge on any atom is -0.399 e. The lowest BCUT2D eigenvalue weighted by Crippen LogP contribution is -2.07. The summed E-state index contributed by atoms with van der Waals surface area (Å²) in [5, 5.41) is 3.36. The second kappa shape index (κ2) is 5.17. The number of H-pyrrole nitrogens is 1. The molecule has 3 rings (SSSR count). The van der Waals surface area contributed by atoms with E-state index in [-0.39, 0.29) is 6.04 Å². The number of rotatable bonds is 3. The van der Waals surface area contributed by atoms with Gasteiger partial charge >= 0.3 is 0 Å². The van der Waals surface area contributed by atoms with E-state index < -0.39 is 0 Å². The van der Waals surface area contributed by atoms with Crippen LogP contribution in [0.3, 0.4) is 0 Å². The van der Waals surface area contributed by atoms with Gasteiger partial charge in [-0.1, -0.05) is 28.1 Å². The van der Waals surface area contributed by atoms with Crippen molar-refractivity contribution in [1.29, 1.82) is 0 Å². The fraction of sp³-hybridized carbons (Fsp3) is 0.133. The number of hydrogen-bond acceptors (Lipinski definition) is 3. The van der Waals surface area contributed by atoms with E-state index in [0.717, 1.165) is 27.1 Å². The van der Waals surface area contributed by atoms with Crippen LogP contribution in [0.2, 0.25) is 0 Å². The Morgan fingerprint density at radius 2 is 1.95 bits per heavy atom. The number of halogens is 1. The second-order valence-electron chi connectivity index (χ2n) is 4.78. The lowest BCUT2D eigenvalue weighted by atomic mass is 10.1. The molecule has 1 aromatic heterocycles. The Morgan fingerprint density at radius 1 is 1.20 bits per heavy atom. The Hall–Kier alpha value is -2.01. The third-order valence-corrected chi connectivity index (χ3v) is 3.76. The summed E-state index contributed by atoms with van der Waals surface area (Å²) in [4.78, 5) is 7.74. The number of imidazole rings is 1. The van der Waals surface area contributed by atoms with Crippen LogP contribution in [-0.2, 0) is 0 Å². The number of hydrogen-bond donors (Lipinski definition) is 3. The van der Waals surface area contributed by atoms with E-state index in [0.29, 0.717) is 0 Å². The van der Waals surface area contributed by atoms with E-state index in [9.17, 15) is 0 Å². The average molecular weight is 331 g/mol. The van der Waals surface area contributed by atoms with E-state index in [1.165, 1.54) is 5.56 Å². The molecule has 4 N–H and O–H groups in total. The summed E-state index contributed by atoms with van der Waals surface area (Å²) >= 11 is 3.44. The number of aromatic nitrogens is 2. The molecule has 5 heteroatoms. The van der Waals surface area contributed by atoms with Crippen LogP contribution in [0.1, 0.15) is 18.5 Å². The monoisotopic (exact) mass is 330 g/mol. The maximum absolute atomic E-state index is 5.77. The maximum Gasteiger partial charge on any atom is 0.201 e. The number of anilines is 2. The van der Waals surface area contributed by atoms with Crippen molar-refractivity contribution in [1.82, 2.24) is 9.97 Å². The molecule has 0 aliphatic rings. The van der Waals surface area contributed by atoms with Crippen molar-refractivity contribution in [3.63, 3.8) is 0 Å². The molecule has 0 saturated heterocycles. The maximum atomic E-state index is 5.77. The zero-order valence-electron chi connectivity index (χ0n) is 11.0. The van der Waals surface area contributed by atoms with Gasteiger partial charge in [-0.25, -0.2) is 4.98 Å². The van der Waals surface area contributed by atoms with Crippen molar-refractivity contribution in [2.45, 2.75) is 13.0 Å². The van der Waals surface area contributed by atoms with Gasteiger partial charge in [0.05, 0.1) is 17.1 Å². The number of benzene rings is 2. The molecule has 1 unspecified atom stereocenters. The highest BCUT2D eigenvalue weighted by molar-refractivity contribution is 9.10. The van der Waals surface area contributed by atoms with Crippen LogP contribution in [-0.4, -0.2) is 9.97 Å². The molecule has 1 atom stereocenters. The Morgan fingerprint density at radius 3 is 2.70 bits per heavy atom. The van der Waals surface area contributed by atoms with E-state index in [2.05, 4.69) is 50.3 Å². The van der Waals surface area contributed by atoms with Crippen molar-refractivity contribution >= 4 is 38.6 Å². The van der Waals surface area contributed by atoms with Crippen LogP contribution in [0.15, 0.2) is 46.9 Å². The number of nitrogens with one attached hydrogen (secondary N) is 2. The number of nitrogens with zero attached hydrogens (tertiary/aromatic N) is 1. The molecule has 20 heavy (non-hydrogen) atoms. The number of fused-ring (bicyclic) bond motifs is 1. The standard InChI is InChI=1S/C15H15BrN4/c1-9(10-2-4-11(16)5-3-10)18-15-19-13-7-6-12(17)8-14(13)20-15/h2-9H,17H2,1H3,(H2,18,19,20). The van der Waals surface area contributed by atoms with Gasteiger partial charge in [-0.15, -0.1) is 0 Å². The largest absolute Gasteiger partial charge is 0.399 e. The summed E-state index contributed by atoms with van der Waals surface area (Å²) in [6.07, 6.45) is 0. The van der Waals surface area contributed by atoms with Crippen molar-refractivity contribution in [2.75, 3.05) is 11.1 Å². The molecule has 0 saturated carbocycles. The Labute approximate surface area is 125 Å². The molecular weight excluding hydrogens is 316 g/mol. The third kappa shape index (κ3) is 2.63. The molecule has 2 aromatic carbocycles. The van der Waals surface area contributed by atoms with E-state index >= 15 is 0 Å². The SMILES string of the molecule is CC(Nc1nc2ccc(N)cc2[nH]1)c1ccc(Br)cc1. The zero-order valence-corrected chi connectivity index (χ0v) is 12.6. The lowest BCUT2D eigenvalue weighted by molar-refractivity contribution is 0.868. The van der Waals surface area contributed by atoms with Gasteiger partial charge in [-0.05, 0) is 42.8 Å². The number of nitrogen functional groups attached to an aromatic ring is 1. The lowest BCUT2D eigenvalue weighted by Gasteiger charge is -2.13. The summed E-state index contributed by atoms with van der Waals surface area (Å²) in [5.41, 5.74) is 9.55. The first-order valence-corrected chi connectivity index (χ1v) is 7.18. The minimum atomic E-state index is 0.168. The van der Waals surface area contributed by atoms with Gasteiger partial charge < -0.3 is 16.0 Å². The first-order valence-electron chi connectivity index (χ1n) is 6.39. The molecule has 0 radical (unpaired) electrons. The molecule has 0 aliphatic heterocycles. The first-order chi connectivity index (χ1) is 9.61. The predicted molar refractivity (Wildman–Crippen MR) is 86.7 cm³/mol. The smallest absolute Gasteiger partial charge is 0.201 e. The van der Waals surface area contributed by atoms with Gasteiger partial charge in [0.25, 0.3) is 0 Å². The van der Waals surface area contributed by atoms with Crippen LogP contribution in [0.25, 0.3) is 11.0 Å². The fourth-order valence-corrected chi connectivity index (χ4v) is 2.40. The summed E-state index contributed by atoms with van der Waals surface area (Å²) in [6, 6.07) is 14.1. The molecule has 1 heterocycles. The predicted octanol–water partition coefficient (Wildman–Crippen LogP) is 4.08. The summed E-state index contributed by atoms with van der Waals surface area (Å²) in [5.74, 6) is 0.751. The van der Waals surface area contributed by atoms with Crippen LogP contribution in [0, 0.1) is 0 Å². The van der Waals surface area contributed by atoms with Gasteiger partial charge in [-0.3, -0.25) is 0 Å². The number of aromatic amines is 1. The van der Waals surface area contributed by atoms with Crippen molar-refractivity contribution < 1.29 is 0 Å². The highest BCUT2D eigenvalue weighted by atomic mass is 79.9. The molecule has 0 amide bonds. The first kappa shape index (κ1) is 13.0. The molecule has 3 aromatic rings. The van der Waals surface area contributed by atoms with Crippen LogP contribution >= 0.6 is 15.9 Å². The molecule has 0 spiro atoms. The highest BCUT2D eigenvalue weighted by Crippen LogP contribution is 2.22. The number of nitrogens with two attached hydrogens (primary N) is 1. The van der Waals surface area contributed by atoms with Crippen molar-refractivity contribution in [3.8, 4) is 0 Å². The Bertz CT molecular complexity index is 733. The van der Waals surface area contributed by atoms with Gasteiger partial charge in [0.1, 0.15) is 0 Å². The molecule has 0 fully saturated rings. The van der Waals surface area contributed by atoms with Crippen LogP contribution < -0.4 is 11.1 Å². The van der Waals surface area contributed by atoms with Crippen molar-refractivity contribution in [2.24, 2.45) is 0 Å². The van der Waals surface area contributed by atoms with Gasteiger partial charge in [0.2, 0.25) is 5.95 Å². The third-order valence-electron chi connectivity index (χ3n) is 3.23. The van der Waals surface area contributed by atoms with Crippen LogP contribution in [0.5, 0.6) is 0 Å². The zero-order chi connectivity index (χ0) is 14.1. The van der Waals surface area contributed by atoms with Gasteiger partial charge in [-0.2, -0.15) is 0 Å². The van der Waals surface area contributed by atoms with E-state index in [4.69, 9.17) is 5.73 Å². The normalized spacial score (nSPS) is 12.5. The van der Waals surface area contributed by atoms with Crippen molar-refractivity contribution in [3.05, 3.63) is 52.5 Å².